The molecule has 8 heteroatoms. The minimum Gasteiger partial charge on any atom is -0.436 e. The van der Waals surface area contributed by atoms with E-state index in [1.54, 1.807) is 36.7 Å². The monoisotopic (exact) mass is 424 g/mol. The van der Waals surface area contributed by atoms with Crippen LogP contribution in [0.25, 0.3) is 0 Å². The van der Waals surface area contributed by atoms with Crippen molar-refractivity contribution >= 4 is 11.7 Å². The summed E-state index contributed by atoms with van der Waals surface area (Å²) in [5.74, 6) is -0.0605. The van der Waals surface area contributed by atoms with Crippen LogP contribution in [0.4, 0.5) is 14.6 Å². The summed E-state index contributed by atoms with van der Waals surface area (Å²) in [5, 5.41) is 2.63. The molecule has 31 heavy (non-hydrogen) atoms. The van der Waals surface area contributed by atoms with Crippen LogP contribution >= 0.6 is 0 Å². The first-order chi connectivity index (χ1) is 15.1. The third-order valence-corrected chi connectivity index (χ3v) is 5.09. The van der Waals surface area contributed by atoms with Gasteiger partial charge in [0.05, 0.1) is 0 Å². The second kappa shape index (κ2) is 9.51. The highest BCUT2D eigenvalue weighted by molar-refractivity contribution is 5.94. The van der Waals surface area contributed by atoms with Crippen LogP contribution in [-0.4, -0.2) is 29.0 Å². The van der Waals surface area contributed by atoms with Crippen LogP contribution in [-0.2, 0) is 6.54 Å². The van der Waals surface area contributed by atoms with Gasteiger partial charge in [0.25, 0.3) is 11.8 Å². The quantitative estimate of drug-likeness (QED) is 0.633. The molecule has 0 aliphatic carbocycles. The maximum absolute atomic E-state index is 13.7. The van der Waals surface area contributed by atoms with Gasteiger partial charge >= 0.3 is 0 Å². The highest BCUT2D eigenvalue weighted by Gasteiger charge is 2.18. The van der Waals surface area contributed by atoms with Crippen LogP contribution in [0.5, 0.6) is 11.6 Å². The van der Waals surface area contributed by atoms with Crippen molar-refractivity contribution < 1.29 is 18.3 Å². The van der Waals surface area contributed by atoms with E-state index in [0.717, 1.165) is 38.1 Å². The van der Waals surface area contributed by atoms with Crippen LogP contribution in [0.15, 0.2) is 54.9 Å². The molecule has 1 N–H and O–H groups in total. The number of amides is 1. The molecule has 0 unspecified atom stereocenters. The Kier molecular flexibility index (Phi) is 6.35. The van der Waals surface area contributed by atoms with Crippen molar-refractivity contribution in [3.05, 3.63) is 77.6 Å². The minimum absolute atomic E-state index is 0.0397. The van der Waals surface area contributed by atoms with Crippen molar-refractivity contribution in [3.63, 3.8) is 0 Å². The lowest BCUT2D eigenvalue weighted by Crippen LogP contribution is -2.30. The van der Waals surface area contributed by atoms with Gasteiger partial charge in [-0.2, -0.15) is 0 Å². The van der Waals surface area contributed by atoms with E-state index in [1.165, 1.54) is 12.5 Å². The smallest absolute Gasteiger partial charge is 0.263 e. The first kappa shape index (κ1) is 20.7. The Morgan fingerprint density at radius 3 is 2.48 bits per heavy atom. The summed E-state index contributed by atoms with van der Waals surface area (Å²) in [5.41, 5.74) is 0.605. The fourth-order valence-corrected chi connectivity index (χ4v) is 3.44. The van der Waals surface area contributed by atoms with Crippen LogP contribution < -0.4 is 15.0 Å². The van der Waals surface area contributed by atoms with E-state index in [1.807, 2.05) is 0 Å². The second-order valence-corrected chi connectivity index (χ2v) is 7.28. The average molecular weight is 424 g/mol. The zero-order valence-corrected chi connectivity index (χ0v) is 16.9. The van der Waals surface area contributed by atoms with E-state index in [2.05, 4.69) is 20.2 Å². The lowest BCUT2D eigenvalue weighted by Gasteiger charge is -2.28. The molecule has 3 aromatic rings. The summed E-state index contributed by atoms with van der Waals surface area (Å²) >= 11 is 0. The first-order valence-electron chi connectivity index (χ1n) is 10.2. The average Bonchev–Trinajstić information content (AvgIpc) is 2.80. The van der Waals surface area contributed by atoms with Crippen LogP contribution in [0.3, 0.4) is 0 Å². The molecule has 2 aromatic carbocycles. The number of nitrogens with zero attached hydrogens (tertiary/aromatic N) is 3. The van der Waals surface area contributed by atoms with Gasteiger partial charge in [0, 0.05) is 49.2 Å². The van der Waals surface area contributed by atoms with Gasteiger partial charge in [-0.1, -0.05) is 6.07 Å². The van der Waals surface area contributed by atoms with Gasteiger partial charge in [-0.25, -0.2) is 18.7 Å². The fraction of sp³-hybridized carbons (Fsp3) is 0.261. The second-order valence-electron chi connectivity index (χ2n) is 7.28. The number of benzene rings is 2. The van der Waals surface area contributed by atoms with Crippen LogP contribution in [0.1, 0.15) is 35.2 Å². The number of anilines is 1. The number of ether oxygens (including phenoxy) is 1. The van der Waals surface area contributed by atoms with Crippen molar-refractivity contribution in [2.24, 2.45) is 0 Å². The normalized spacial score (nSPS) is 13.7. The van der Waals surface area contributed by atoms with Crippen molar-refractivity contribution in [2.75, 3.05) is 18.0 Å². The van der Waals surface area contributed by atoms with Crippen LogP contribution in [0.2, 0.25) is 0 Å². The predicted molar refractivity (Wildman–Crippen MR) is 112 cm³/mol. The molecule has 0 bridgehead atoms. The molecule has 0 spiro atoms. The lowest BCUT2D eigenvalue weighted by molar-refractivity contribution is 0.0950. The van der Waals surface area contributed by atoms with Crippen molar-refractivity contribution in [1.82, 2.24) is 15.3 Å². The largest absolute Gasteiger partial charge is 0.436 e. The molecule has 0 atom stereocenters. The van der Waals surface area contributed by atoms with Crippen molar-refractivity contribution in [2.45, 2.75) is 25.8 Å². The summed E-state index contributed by atoms with van der Waals surface area (Å²) in [7, 11) is 0. The number of halogens is 2. The topological polar surface area (TPSA) is 67.3 Å². The molecule has 0 saturated carbocycles. The molecule has 4 rings (SSSR count). The molecule has 1 saturated heterocycles. The Morgan fingerprint density at radius 2 is 1.74 bits per heavy atom. The fourth-order valence-electron chi connectivity index (χ4n) is 3.44. The molecule has 1 aliphatic heterocycles. The number of piperidine rings is 1. The van der Waals surface area contributed by atoms with E-state index in [0.29, 0.717) is 23.0 Å². The predicted octanol–water partition coefficient (Wildman–Crippen LogP) is 4.47. The number of nitrogens with one attached hydrogen (secondary N) is 1. The summed E-state index contributed by atoms with van der Waals surface area (Å²) < 4.78 is 32.6. The first-order valence-corrected chi connectivity index (χ1v) is 10.2. The molecular formula is C23H22F2N4O2. The van der Waals surface area contributed by atoms with E-state index in [9.17, 15) is 13.6 Å². The van der Waals surface area contributed by atoms with Gasteiger partial charge in [-0.15, -0.1) is 0 Å². The minimum atomic E-state index is -0.697. The molecule has 2 heterocycles. The molecule has 6 nitrogen and oxygen atoms in total. The van der Waals surface area contributed by atoms with Gasteiger partial charge in [-0.3, -0.25) is 4.79 Å². The number of hydrogen-bond acceptors (Lipinski definition) is 5. The number of carbonyl (C=O) groups is 1. The van der Waals surface area contributed by atoms with Gasteiger partial charge in [0.15, 0.2) is 5.82 Å². The zero-order chi connectivity index (χ0) is 21.6. The SMILES string of the molecule is O=C(NCc1ccc(F)cc1F)c1ccc(Oc2nccnc2N2CCCCC2)cc1. The van der Waals surface area contributed by atoms with E-state index < -0.39 is 11.6 Å². The Hall–Kier alpha value is -3.55. The molecule has 1 aromatic heterocycles. The third-order valence-electron chi connectivity index (χ3n) is 5.09. The van der Waals surface area contributed by atoms with Crippen LogP contribution in [0, 0.1) is 11.6 Å². The van der Waals surface area contributed by atoms with Gasteiger partial charge in [0.1, 0.15) is 17.4 Å². The lowest BCUT2D eigenvalue weighted by atomic mass is 10.1. The van der Waals surface area contributed by atoms with E-state index in [-0.39, 0.29) is 18.0 Å². The molecule has 1 aliphatic rings. The standard InChI is InChI=1S/C23H22F2N4O2/c24-18-7-4-17(20(25)14-18)15-28-22(30)16-5-8-19(9-6-16)31-23-21(26-10-11-27-23)29-12-2-1-3-13-29/h4-11,14H,1-3,12-13,15H2,(H,28,30). The Morgan fingerprint density at radius 1 is 1.00 bits per heavy atom. The maximum Gasteiger partial charge on any atom is 0.263 e. The molecule has 160 valence electrons. The maximum atomic E-state index is 13.7. The summed E-state index contributed by atoms with van der Waals surface area (Å²) in [4.78, 5) is 23.3. The highest BCUT2D eigenvalue weighted by Crippen LogP contribution is 2.29. The Bertz CT molecular complexity index is 1050. The van der Waals surface area contributed by atoms with E-state index in [4.69, 9.17) is 4.74 Å². The summed E-state index contributed by atoms with van der Waals surface area (Å²) in [6.07, 6.45) is 6.67. The zero-order valence-electron chi connectivity index (χ0n) is 16.9. The van der Waals surface area contributed by atoms with Gasteiger partial charge in [0.2, 0.25) is 0 Å². The summed E-state index contributed by atoms with van der Waals surface area (Å²) in [6.45, 7) is 1.80. The number of rotatable bonds is 6. The summed E-state index contributed by atoms with van der Waals surface area (Å²) in [6, 6.07) is 9.82. The van der Waals surface area contributed by atoms with Crippen molar-refractivity contribution in [3.8, 4) is 11.6 Å². The number of carbonyl (C=O) groups excluding carboxylic acids is 1. The highest BCUT2D eigenvalue weighted by atomic mass is 19.1. The molecular weight excluding hydrogens is 402 g/mol. The third kappa shape index (κ3) is 5.14. The molecule has 0 radical (unpaired) electrons. The van der Waals surface area contributed by atoms with Crippen molar-refractivity contribution in [1.29, 1.82) is 0 Å². The molecule has 1 fully saturated rings. The van der Waals surface area contributed by atoms with Gasteiger partial charge in [-0.05, 0) is 49.6 Å². The number of aromatic nitrogens is 2. The Labute approximate surface area is 178 Å². The number of hydrogen-bond donors (Lipinski definition) is 1. The van der Waals surface area contributed by atoms with E-state index >= 15 is 0 Å². The Balaban J connectivity index is 1.40. The molecule has 1 amide bonds. The van der Waals surface area contributed by atoms with Gasteiger partial charge < -0.3 is 15.0 Å².